The van der Waals surface area contributed by atoms with Crippen LogP contribution in [0, 0.1) is 0 Å². The zero-order valence-electron chi connectivity index (χ0n) is 11.9. The maximum absolute atomic E-state index is 12.2. The minimum absolute atomic E-state index is 0.0711. The van der Waals surface area contributed by atoms with Crippen molar-refractivity contribution in [2.24, 2.45) is 0 Å². The first-order valence-corrected chi connectivity index (χ1v) is 7.24. The monoisotopic (exact) mass is 275 g/mol. The van der Waals surface area contributed by atoms with Gasteiger partial charge in [0.15, 0.2) is 5.78 Å². The van der Waals surface area contributed by atoms with Gasteiger partial charge in [-0.25, -0.2) is 0 Å². The van der Waals surface area contributed by atoms with Crippen LogP contribution in [0.2, 0.25) is 0 Å². The van der Waals surface area contributed by atoms with Gasteiger partial charge >= 0.3 is 0 Å². The van der Waals surface area contributed by atoms with Crippen LogP contribution in [0.1, 0.15) is 43.0 Å². The van der Waals surface area contributed by atoms with E-state index in [1.165, 1.54) is 0 Å². The molecule has 1 heterocycles. The highest BCUT2D eigenvalue weighted by atomic mass is 16.5. The number of piperidine rings is 1. The van der Waals surface area contributed by atoms with E-state index < -0.39 is 0 Å². The predicted molar refractivity (Wildman–Crippen MR) is 77.0 cm³/mol. The van der Waals surface area contributed by atoms with E-state index in [9.17, 15) is 9.59 Å². The van der Waals surface area contributed by atoms with Crippen molar-refractivity contribution in [2.45, 2.75) is 32.6 Å². The van der Waals surface area contributed by atoms with Crippen molar-refractivity contribution in [3.8, 4) is 5.75 Å². The van der Waals surface area contributed by atoms with Crippen molar-refractivity contribution >= 4 is 11.7 Å². The maximum atomic E-state index is 12.2. The molecule has 0 bridgehead atoms. The molecule has 1 saturated heterocycles. The third-order valence-corrected chi connectivity index (χ3v) is 3.41. The molecular weight excluding hydrogens is 254 g/mol. The van der Waals surface area contributed by atoms with Crippen molar-refractivity contribution in [3.05, 3.63) is 29.8 Å². The second-order valence-electron chi connectivity index (χ2n) is 5.10. The van der Waals surface area contributed by atoms with E-state index in [0.717, 1.165) is 25.0 Å². The lowest BCUT2D eigenvalue weighted by atomic mass is 10.1. The number of ether oxygens (including phenoxy) is 1. The van der Waals surface area contributed by atoms with E-state index >= 15 is 0 Å². The van der Waals surface area contributed by atoms with E-state index in [-0.39, 0.29) is 18.2 Å². The van der Waals surface area contributed by atoms with Crippen LogP contribution in [0.5, 0.6) is 5.75 Å². The summed E-state index contributed by atoms with van der Waals surface area (Å²) in [4.78, 5) is 25.3. The molecule has 108 valence electrons. The Morgan fingerprint density at radius 2 is 2.05 bits per heavy atom. The number of carbonyl (C=O) groups is 2. The number of hydrogen-bond acceptors (Lipinski definition) is 3. The molecule has 1 aliphatic heterocycles. The van der Waals surface area contributed by atoms with Gasteiger partial charge in [0.1, 0.15) is 5.75 Å². The first kappa shape index (κ1) is 14.6. The van der Waals surface area contributed by atoms with Gasteiger partial charge in [0, 0.05) is 18.5 Å². The Morgan fingerprint density at radius 1 is 1.30 bits per heavy atom. The smallest absolute Gasteiger partial charge is 0.254 e. The summed E-state index contributed by atoms with van der Waals surface area (Å²) >= 11 is 0. The van der Waals surface area contributed by atoms with Crippen molar-refractivity contribution in [3.63, 3.8) is 0 Å². The van der Waals surface area contributed by atoms with E-state index in [1.54, 1.807) is 17.0 Å². The van der Waals surface area contributed by atoms with Gasteiger partial charge in [-0.1, -0.05) is 13.3 Å². The Morgan fingerprint density at radius 3 is 2.70 bits per heavy atom. The number of benzene rings is 1. The molecule has 1 aliphatic rings. The Bertz CT molecular complexity index is 467. The van der Waals surface area contributed by atoms with Crippen molar-refractivity contribution < 1.29 is 14.3 Å². The maximum Gasteiger partial charge on any atom is 0.254 e. The van der Waals surface area contributed by atoms with Gasteiger partial charge in [0.25, 0.3) is 5.91 Å². The number of rotatable bonds is 5. The third-order valence-electron chi connectivity index (χ3n) is 3.41. The van der Waals surface area contributed by atoms with Gasteiger partial charge in [-0.05, 0) is 37.1 Å². The molecule has 0 radical (unpaired) electrons. The molecule has 0 N–H and O–H groups in total. The Labute approximate surface area is 119 Å². The van der Waals surface area contributed by atoms with E-state index in [2.05, 4.69) is 6.92 Å². The Balaban J connectivity index is 1.94. The van der Waals surface area contributed by atoms with E-state index in [4.69, 9.17) is 4.74 Å². The largest absolute Gasteiger partial charge is 0.494 e. The number of likely N-dealkylation sites (tertiary alicyclic amines) is 1. The Kier molecular flexibility index (Phi) is 5.16. The molecule has 1 fully saturated rings. The number of hydrogen-bond donors (Lipinski definition) is 0. The third kappa shape index (κ3) is 3.83. The lowest BCUT2D eigenvalue weighted by molar-refractivity contribution is -0.121. The van der Waals surface area contributed by atoms with Crippen molar-refractivity contribution in [2.75, 3.05) is 19.7 Å². The fourth-order valence-electron chi connectivity index (χ4n) is 2.22. The highest BCUT2D eigenvalue weighted by Crippen LogP contribution is 2.16. The number of Topliss-reactive ketones (excluding diaryl/α,β-unsaturated/α-hetero) is 1. The normalized spacial score (nSPS) is 15.2. The van der Waals surface area contributed by atoms with Gasteiger partial charge in [-0.2, -0.15) is 0 Å². The van der Waals surface area contributed by atoms with Crippen LogP contribution >= 0.6 is 0 Å². The number of amides is 1. The zero-order valence-corrected chi connectivity index (χ0v) is 11.9. The summed E-state index contributed by atoms with van der Waals surface area (Å²) in [6, 6.07) is 7.16. The fraction of sp³-hybridized carbons (Fsp3) is 0.500. The van der Waals surface area contributed by atoms with E-state index in [0.29, 0.717) is 25.1 Å². The summed E-state index contributed by atoms with van der Waals surface area (Å²) in [5, 5.41) is 0. The fourth-order valence-corrected chi connectivity index (χ4v) is 2.22. The van der Waals surface area contributed by atoms with Crippen LogP contribution < -0.4 is 4.74 Å². The molecule has 0 aliphatic carbocycles. The molecule has 1 amide bonds. The number of unbranched alkanes of at least 4 members (excludes halogenated alkanes) is 1. The quantitative estimate of drug-likeness (QED) is 0.776. The van der Waals surface area contributed by atoms with Crippen molar-refractivity contribution in [1.29, 1.82) is 0 Å². The van der Waals surface area contributed by atoms with Crippen LogP contribution in [0.3, 0.4) is 0 Å². The predicted octanol–water partition coefficient (Wildman–Crippen LogP) is 2.67. The van der Waals surface area contributed by atoms with Gasteiger partial charge in [-0.15, -0.1) is 0 Å². The molecule has 1 aromatic rings. The van der Waals surface area contributed by atoms with Gasteiger partial charge in [-0.3, -0.25) is 9.59 Å². The number of ketones is 1. The van der Waals surface area contributed by atoms with Gasteiger partial charge < -0.3 is 9.64 Å². The van der Waals surface area contributed by atoms with Crippen LogP contribution in [0.4, 0.5) is 0 Å². The molecule has 0 spiro atoms. The number of nitrogens with zero attached hydrogens (tertiary/aromatic N) is 1. The summed E-state index contributed by atoms with van der Waals surface area (Å²) in [5.74, 6) is 0.854. The van der Waals surface area contributed by atoms with Gasteiger partial charge in [0.05, 0.1) is 13.2 Å². The van der Waals surface area contributed by atoms with Crippen LogP contribution in [0.25, 0.3) is 0 Å². The summed E-state index contributed by atoms with van der Waals surface area (Å²) in [6.45, 7) is 3.72. The molecule has 20 heavy (non-hydrogen) atoms. The molecule has 0 unspecified atom stereocenters. The molecule has 0 aromatic heterocycles. The van der Waals surface area contributed by atoms with Crippen LogP contribution in [-0.4, -0.2) is 36.3 Å². The van der Waals surface area contributed by atoms with Crippen LogP contribution in [-0.2, 0) is 4.79 Å². The lowest BCUT2D eigenvalue weighted by Crippen LogP contribution is -2.40. The highest BCUT2D eigenvalue weighted by Gasteiger charge is 2.22. The molecular formula is C16H21NO3. The first-order valence-electron chi connectivity index (χ1n) is 7.24. The molecule has 0 atom stereocenters. The second kappa shape index (κ2) is 7.08. The standard InChI is InChI=1S/C16H21NO3/c1-2-3-11-20-15-8-6-13(7-9-15)16(19)17-10-4-5-14(18)12-17/h6-9H,2-5,10-12H2,1H3. The van der Waals surface area contributed by atoms with Crippen molar-refractivity contribution in [1.82, 2.24) is 4.90 Å². The lowest BCUT2D eigenvalue weighted by Gasteiger charge is -2.25. The average molecular weight is 275 g/mol. The topological polar surface area (TPSA) is 46.6 Å². The second-order valence-corrected chi connectivity index (χ2v) is 5.10. The minimum Gasteiger partial charge on any atom is -0.494 e. The molecule has 1 aromatic carbocycles. The highest BCUT2D eigenvalue weighted by molar-refractivity contribution is 5.97. The SMILES string of the molecule is CCCCOc1ccc(C(=O)N2CCCC(=O)C2)cc1. The summed E-state index contributed by atoms with van der Waals surface area (Å²) in [5.41, 5.74) is 0.613. The Hall–Kier alpha value is -1.84. The summed E-state index contributed by atoms with van der Waals surface area (Å²) in [6.07, 6.45) is 3.48. The summed E-state index contributed by atoms with van der Waals surface area (Å²) < 4.78 is 5.56. The molecule has 4 nitrogen and oxygen atoms in total. The zero-order chi connectivity index (χ0) is 14.4. The number of carbonyl (C=O) groups excluding carboxylic acids is 2. The minimum atomic E-state index is -0.0711. The first-order chi connectivity index (χ1) is 9.70. The van der Waals surface area contributed by atoms with E-state index in [1.807, 2.05) is 12.1 Å². The molecule has 4 heteroatoms. The molecule has 0 saturated carbocycles. The summed E-state index contributed by atoms with van der Waals surface area (Å²) in [7, 11) is 0. The van der Waals surface area contributed by atoms with Gasteiger partial charge in [0.2, 0.25) is 0 Å². The molecule has 2 rings (SSSR count). The van der Waals surface area contributed by atoms with Crippen LogP contribution in [0.15, 0.2) is 24.3 Å². The average Bonchev–Trinajstić information content (AvgIpc) is 2.47.